The average molecular weight is 196 g/mol. The van der Waals surface area contributed by atoms with Gasteiger partial charge in [-0.3, -0.25) is 4.79 Å². The lowest BCUT2D eigenvalue weighted by Gasteiger charge is -2.19. The van der Waals surface area contributed by atoms with Crippen molar-refractivity contribution in [2.45, 2.75) is 26.3 Å². The summed E-state index contributed by atoms with van der Waals surface area (Å²) < 4.78 is 1.25. The zero-order chi connectivity index (χ0) is 10.9. The summed E-state index contributed by atoms with van der Waals surface area (Å²) in [5, 5.41) is 12.4. The van der Waals surface area contributed by atoms with E-state index in [2.05, 4.69) is 5.10 Å². The van der Waals surface area contributed by atoms with Gasteiger partial charge in [0.05, 0.1) is 17.3 Å². The zero-order valence-corrected chi connectivity index (χ0v) is 8.31. The third-order valence-electron chi connectivity index (χ3n) is 1.68. The molecule has 0 amide bonds. The molecule has 0 unspecified atom stereocenters. The molecule has 1 aromatic heterocycles. The van der Waals surface area contributed by atoms with E-state index in [0.29, 0.717) is 0 Å². The monoisotopic (exact) mass is 196 g/mol. The van der Waals surface area contributed by atoms with Crippen LogP contribution < -0.4 is 5.56 Å². The Balaban J connectivity index is 3.29. The van der Waals surface area contributed by atoms with E-state index in [9.17, 15) is 9.59 Å². The van der Waals surface area contributed by atoms with E-state index in [0.717, 1.165) is 6.07 Å². The van der Waals surface area contributed by atoms with Crippen LogP contribution in [0.15, 0.2) is 17.1 Å². The molecule has 0 radical (unpaired) electrons. The molecule has 1 aromatic rings. The highest BCUT2D eigenvalue weighted by Gasteiger charge is 2.16. The standard InChI is InChI=1S/C9H12N2O3/c1-9(2,3)11-7(12)4-6(5-10-11)8(13)14/h4-5H,1-3H3,(H,13,14). The zero-order valence-electron chi connectivity index (χ0n) is 8.31. The first-order valence-electron chi connectivity index (χ1n) is 4.15. The van der Waals surface area contributed by atoms with Crippen LogP contribution >= 0.6 is 0 Å². The Labute approximate surface area is 81.0 Å². The Bertz CT molecular complexity index is 415. The number of nitrogens with zero attached hydrogens (tertiary/aromatic N) is 2. The van der Waals surface area contributed by atoms with Crippen molar-refractivity contribution in [3.63, 3.8) is 0 Å². The van der Waals surface area contributed by atoms with Gasteiger partial charge in [-0.15, -0.1) is 0 Å². The summed E-state index contributed by atoms with van der Waals surface area (Å²) >= 11 is 0. The maximum Gasteiger partial charge on any atom is 0.337 e. The summed E-state index contributed by atoms with van der Waals surface area (Å²) in [6.07, 6.45) is 1.18. The maximum atomic E-state index is 11.4. The average Bonchev–Trinajstić information content (AvgIpc) is 2.01. The molecule has 0 saturated heterocycles. The Morgan fingerprint density at radius 3 is 2.43 bits per heavy atom. The highest BCUT2D eigenvalue weighted by Crippen LogP contribution is 2.08. The molecule has 0 aromatic carbocycles. The largest absolute Gasteiger partial charge is 0.478 e. The molecule has 14 heavy (non-hydrogen) atoms. The van der Waals surface area contributed by atoms with Crippen molar-refractivity contribution < 1.29 is 9.90 Å². The second-order valence-electron chi connectivity index (χ2n) is 3.97. The summed E-state index contributed by atoms with van der Waals surface area (Å²) in [5.74, 6) is -1.14. The number of rotatable bonds is 1. The van der Waals surface area contributed by atoms with Gasteiger partial charge in [-0.25, -0.2) is 9.48 Å². The summed E-state index contributed by atoms with van der Waals surface area (Å²) in [4.78, 5) is 22.0. The van der Waals surface area contributed by atoms with E-state index in [1.54, 1.807) is 0 Å². The lowest BCUT2D eigenvalue weighted by Crippen LogP contribution is -2.36. The first-order valence-corrected chi connectivity index (χ1v) is 4.15. The van der Waals surface area contributed by atoms with Crippen LogP contribution in [0.4, 0.5) is 0 Å². The van der Waals surface area contributed by atoms with Gasteiger partial charge in [0.2, 0.25) is 0 Å². The molecule has 0 atom stereocenters. The van der Waals surface area contributed by atoms with Crippen molar-refractivity contribution in [2.75, 3.05) is 0 Å². The topological polar surface area (TPSA) is 72.2 Å². The third kappa shape index (κ3) is 1.99. The van der Waals surface area contributed by atoms with Crippen LogP contribution in [0.1, 0.15) is 31.1 Å². The van der Waals surface area contributed by atoms with Crippen molar-refractivity contribution in [1.82, 2.24) is 9.78 Å². The fourth-order valence-corrected chi connectivity index (χ4v) is 1.03. The first-order chi connectivity index (χ1) is 6.32. The van der Waals surface area contributed by atoms with Crippen LogP contribution in [-0.4, -0.2) is 20.9 Å². The van der Waals surface area contributed by atoms with Crippen LogP contribution in [0, 0.1) is 0 Å². The minimum Gasteiger partial charge on any atom is -0.478 e. The maximum absolute atomic E-state index is 11.4. The second-order valence-corrected chi connectivity index (χ2v) is 3.97. The molecule has 5 heteroatoms. The van der Waals surface area contributed by atoms with Gasteiger partial charge >= 0.3 is 5.97 Å². The van der Waals surface area contributed by atoms with Crippen molar-refractivity contribution in [1.29, 1.82) is 0 Å². The highest BCUT2D eigenvalue weighted by atomic mass is 16.4. The summed E-state index contributed by atoms with van der Waals surface area (Å²) in [7, 11) is 0. The van der Waals surface area contributed by atoms with Crippen molar-refractivity contribution >= 4 is 5.97 Å². The molecule has 0 fully saturated rings. The van der Waals surface area contributed by atoms with Crippen LogP contribution in [-0.2, 0) is 5.54 Å². The highest BCUT2D eigenvalue weighted by molar-refractivity contribution is 5.86. The third-order valence-corrected chi connectivity index (χ3v) is 1.68. The number of carboxylic acid groups (broad SMARTS) is 1. The Hall–Kier alpha value is -1.65. The van der Waals surface area contributed by atoms with Gasteiger partial charge in [-0.2, -0.15) is 5.10 Å². The minimum absolute atomic E-state index is 0.0875. The van der Waals surface area contributed by atoms with Crippen molar-refractivity contribution in [3.05, 3.63) is 28.2 Å². The van der Waals surface area contributed by atoms with Gasteiger partial charge < -0.3 is 5.11 Å². The Morgan fingerprint density at radius 2 is 2.07 bits per heavy atom. The molecule has 5 nitrogen and oxygen atoms in total. The van der Waals surface area contributed by atoms with E-state index in [1.807, 2.05) is 20.8 Å². The summed E-state index contributed by atoms with van der Waals surface area (Å²) in [6, 6.07) is 1.07. The molecule has 0 aliphatic rings. The Kier molecular flexibility index (Phi) is 2.42. The van der Waals surface area contributed by atoms with Gasteiger partial charge in [0.1, 0.15) is 0 Å². The smallest absolute Gasteiger partial charge is 0.337 e. The quantitative estimate of drug-likeness (QED) is 0.717. The van der Waals surface area contributed by atoms with Crippen molar-refractivity contribution in [2.24, 2.45) is 0 Å². The summed E-state index contributed by atoms with van der Waals surface area (Å²) in [6.45, 7) is 5.46. The molecule has 0 aliphatic carbocycles. The number of hydrogen-bond acceptors (Lipinski definition) is 3. The SMILES string of the molecule is CC(C)(C)n1ncc(C(=O)O)cc1=O. The van der Waals surface area contributed by atoms with Crippen LogP contribution in [0.5, 0.6) is 0 Å². The molecule has 76 valence electrons. The minimum atomic E-state index is -1.14. The molecule has 0 aliphatic heterocycles. The number of aromatic carboxylic acids is 1. The predicted molar refractivity (Wildman–Crippen MR) is 50.5 cm³/mol. The van der Waals surface area contributed by atoms with Crippen LogP contribution in [0.25, 0.3) is 0 Å². The first kappa shape index (κ1) is 10.4. The summed E-state index contributed by atoms with van der Waals surface area (Å²) in [5.41, 5.74) is -0.929. The van der Waals surface area contributed by atoms with E-state index in [-0.39, 0.29) is 5.56 Å². The molecule has 0 spiro atoms. The van der Waals surface area contributed by atoms with E-state index in [4.69, 9.17) is 5.11 Å². The molecule has 0 bridgehead atoms. The fourth-order valence-electron chi connectivity index (χ4n) is 1.03. The van der Waals surface area contributed by atoms with Crippen molar-refractivity contribution in [3.8, 4) is 0 Å². The van der Waals surface area contributed by atoms with Gasteiger partial charge in [0, 0.05) is 6.07 Å². The lowest BCUT2D eigenvalue weighted by molar-refractivity contribution is 0.0695. The molecule has 1 N–H and O–H groups in total. The predicted octanol–water partition coefficient (Wildman–Crippen LogP) is 0.696. The van der Waals surface area contributed by atoms with Gasteiger partial charge in [-0.05, 0) is 20.8 Å². The normalized spacial score (nSPS) is 11.4. The van der Waals surface area contributed by atoms with Crippen LogP contribution in [0.3, 0.4) is 0 Å². The van der Waals surface area contributed by atoms with Gasteiger partial charge in [0.15, 0.2) is 0 Å². The molecule has 1 heterocycles. The number of carboxylic acids is 1. The molecular weight excluding hydrogens is 184 g/mol. The molecule has 0 saturated carbocycles. The van der Waals surface area contributed by atoms with E-state index in [1.165, 1.54) is 10.9 Å². The van der Waals surface area contributed by atoms with Gasteiger partial charge in [0.25, 0.3) is 5.56 Å². The van der Waals surface area contributed by atoms with Gasteiger partial charge in [-0.1, -0.05) is 0 Å². The van der Waals surface area contributed by atoms with E-state index < -0.39 is 17.1 Å². The van der Waals surface area contributed by atoms with Crippen LogP contribution in [0.2, 0.25) is 0 Å². The molecule has 1 rings (SSSR count). The fraction of sp³-hybridized carbons (Fsp3) is 0.444. The Morgan fingerprint density at radius 1 is 1.50 bits per heavy atom. The second kappa shape index (κ2) is 3.25. The van der Waals surface area contributed by atoms with E-state index >= 15 is 0 Å². The lowest BCUT2D eigenvalue weighted by atomic mass is 10.1. The number of hydrogen-bond donors (Lipinski definition) is 1. The molecular formula is C9H12N2O3. The number of aromatic nitrogens is 2. The number of carbonyl (C=O) groups is 1.